The van der Waals surface area contributed by atoms with E-state index in [2.05, 4.69) is 6.58 Å². The van der Waals surface area contributed by atoms with Crippen molar-refractivity contribution in [3.05, 3.63) is 36.4 Å². The van der Waals surface area contributed by atoms with Crippen molar-refractivity contribution < 1.29 is 9.90 Å². The molecule has 0 aromatic heterocycles. The molecule has 0 saturated heterocycles. The van der Waals surface area contributed by atoms with Crippen LogP contribution in [0.3, 0.4) is 0 Å². The third kappa shape index (κ3) is 1.99. The van der Waals surface area contributed by atoms with Gasteiger partial charge in [-0.25, -0.2) is 0 Å². The number of anilines is 1. The van der Waals surface area contributed by atoms with Crippen molar-refractivity contribution in [2.24, 2.45) is 0 Å². The van der Waals surface area contributed by atoms with Crippen molar-refractivity contribution in [3.8, 4) is 0 Å². The number of thioether (sulfide) groups is 1. The summed E-state index contributed by atoms with van der Waals surface area (Å²) in [5.41, 5.74) is 1.70. The van der Waals surface area contributed by atoms with E-state index < -0.39 is 0 Å². The molecule has 3 nitrogen and oxygen atoms in total. The molecule has 1 aromatic carbocycles. The largest absolute Gasteiger partial charge is 0.392 e. The predicted molar refractivity (Wildman–Crippen MR) is 65.6 cm³/mol. The Balaban J connectivity index is 2.43. The highest BCUT2D eigenvalue weighted by molar-refractivity contribution is 8.00. The van der Waals surface area contributed by atoms with Crippen molar-refractivity contribution in [3.63, 3.8) is 0 Å². The van der Waals surface area contributed by atoms with Crippen LogP contribution in [0, 0.1) is 0 Å². The van der Waals surface area contributed by atoms with Crippen LogP contribution in [0.4, 0.5) is 5.69 Å². The van der Waals surface area contributed by atoms with E-state index in [1.807, 2.05) is 18.2 Å². The summed E-state index contributed by atoms with van der Waals surface area (Å²) in [6.07, 6.45) is 1.71. The molecule has 1 heterocycles. The van der Waals surface area contributed by atoms with Gasteiger partial charge in [-0.15, -0.1) is 18.3 Å². The fraction of sp³-hybridized carbons (Fsp3) is 0.250. The summed E-state index contributed by atoms with van der Waals surface area (Å²) in [6.45, 7) is 4.16. The quantitative estimate of drug-likeness (QED) is 0.812. The summed E-state index contributed by atoms with van der Waals surface area (Å²) < 4.78 is 0. The van der Waals surface area contributed by atoms with Gasteiger partial charge in [0.25, 0.3) is 0 Å². The summed E-state index contributed by atoms with van der Waals surface area (Å²) >= 11 is 1.54. The molecule has 4 heteroatoms. The van der Waals surface area contributed by atoms with Crippen LogP contribution in [0.1, 0.15) is 5.56 Å². The third-order valence-electron chi connectivity index (χ3n) is 2.46. The molecule has 16 heavy (non-hydrogen) atoms. The number of benzene rings is 1. The average molecular weight is 235 g/mol. The Morgan fingerprint density at radius 1 is 1.56 bits per heavy atom. The summed E-state index contributed by atoms with van der Waals surface area (Å²) in [5, 5.41) is 9.09. The van der Waals surface area contributed by atoms with Crippen LogP contribution in [-0.4, -0.2) is 23.3 Å². The van der Waals surface area contributed by atoms with Gasteiger partial charge in [0, 0.05) is 11.4 Å². The Kier molecular flexibility index (Phi) is 3.31. The second-order valence-electron chi connectivity index (χ2n) is 3.54. The highest BCUT2D eigenvalue weighted by Gasteiger charge is 2.23. The maximum Gasteiger partial charge on any atom is 0.237 e. The second kappa shape index (κ2) is 4.72. The fourth-order valence-electron chi connectivity index (χ4n) is 1.68. The molecule has 0 spiro atoms. The Labute approximate surface area is 98.8 Å². The monoisotopic (exact) mass is 235 g/mol. The van der Waals surface area contributed by atoms with Crippen molar-refractivity contribution >= 4 is 23.4 Å². The van der Waals surface area contributed by atoms with Gasteiger partial charge in [0.05, 0.1) is 18.0 Å². The first kappa shape index (κ1) is 11.2. The van der Waals surface area contributed by atoms with Gasteiger partial charge in [-0.05, 0) is 17.7 Å². The number of carbonyl (C=O) groups is 1. The highest BCUT2D eigenvalue weighted by Crippen LogP contribution is 2.35. The first-order valence-electron chi connectivity index (χ1n) is 5.04. The molecule has 2 rings (SSSR count). The maximum atomic E-state index is 11.7. The summed E-state index contributed by atoms with van der Waals surface area (Å²) in [4.78, 5) is 14.5. The molecular formula is C12H13NO2S. The van der Waals surface area contributed by atoms with Gasteiger partial charge in [-0.2, -0.15) is 0 Å². The van der Waals surface area contributed by atoms with Gasteiger partial charge in [-0.3, -0.25) is 4.79 Å². The number of hydrogen-bond acceptors (Lipinski definition) is 3. The molecule has 0 fully saturated rings. The Morgan fingerprint density at radius 3 is 3.06 bits per heavy atom. The molecule has 1 N–H and O–H groups in total. The van der Waals surface area contributed by atoms with Gasteiger partial charge in [0.15, 0.2) is 0 Å². The lowest BCUT2D eigenvalue weighted by Crippen LogP contribution is -2.35. The van der Waals surface area contributed by atoms with Crippen molar-refractivity contribution in [1.82, 2.24) is 0 Å². The lowest BCUT2D eigenvalue weighted by atomic mass is 10.2. The van der Waals surface area contributed by atoms with Crippen LogP contribution in [0.5, 0.6) is 0 Å². The van der Waals surface area contributed by atoms with E-state index in [-0.39, 0.29) is 12.5 Å². The minimum Gasteiger partial charge on any atom is -0.392 e. The number of nitrogens with zero attached hydrogens (tertiary/aromatic N) is 1. The number of aliphatic hydroxyl groups is 1. The van der Waals surface area contributed by atoms with Gasteiger partial charge in [0.2, 0.25) is 5.91 Å². The van der Waals surface area contributed by atoms with Crippen molar-refractivity contribution in [2.45, 2.75) is 11.5 Å². The van der Waals surface area contributed by atoms with E-state index in [0.717, 1.165) is 16.1 Å². The molecule has 0 saturated carbocycles. The number of carbonyl (C=O) groups excluding carboxylic acids is 1. The first-order valence-corrected chi connectivity index (χ1v) is 6.02. The first-order chi connectivity index (χ1) is 7.76. The molecular weight excluding hydrogens is 222 g/mol. The van der Waals surface area contributed by atoms with E-state index in [1.165, 1.54) is 11.8 Å². The topological polar surface area (TPSA) is 40.5 Å². The zero-order valence-electron chi connectivity index (χ0n) is 8.85. The van der Waals surface area contributed by atoms with Crippen LogP contribution in [0.2, 0.25) is 0 Å². The zero-order chi connectivity index (χ0) is 11.5. The molecule has 0 aliphatic carbocycles. The molecule has 0 bridgehead atoms. The standard InChI is InChI=1S/C12H13NO2S/c1-2-5-13-10-6-9(7-14)3-4-11(10)16-8-12(13)15/h2-4,6,14H,1,5,7-8H2. The molecule has 84 valence electrons. The van der Waals surface area contributed by atoms with E-state index in [4.69, 9.17) is 5.11 Å². The number of fused-ring (bicyclic) bond motifs is 1. The smallest absolute Gasteiger partial charge is 0.237 e. The molecule has 0 unspecified atom stereocenters. The predicted octanol–water partition coefficient (Wildman–Crippen LogP) is 1.80. The number of rotatable bonds is 3. The van der Waals surface area contributed by atoms with E-state index >= 15 is 0 Å². The highest BCUT2D eigenvalue weighted by atomic mass is 32.2. The number of aliphatic hydroxyl groups excluding tert-OH is 1. The summed E-state index contributed by atoms with van der Waals surface area (Å²) in [6, 6.07) is 5.70. The third-order valence-corrected chi connectivity index (χ3v) is 3.51. The summed E-state index contributed by atoms with van der Waals surface area (Å²) in [7, 11) is 0. The van der Waals surface area contributed by atoms with Crippen molar-refractivity contribution in [2.75, 3.05) is 17.2 Å². The van der Waals surface area contributed by atoms with Crippen LogP contribution in [0.25, 0.3) is 0 Å². The molecule has 1 aliphatic heterocycles. The van der Waals surface area contributed by atoms with Crippen molar-refractivity contribution in [1.29, 1.82) is 0 Å². The number of hydrogen-bond donors (Lipinski definition) is 1. The maximum absolute atomic E-state index is 11.7. The number of amides is 1. The molecule has 0 atom stereocenters. The SMILES string of the molecule is C=CCN1C(=O)CSc2ccc(CO)cc21. The Hall–Kier alpha value is -1.26. The van der Waals surface area contributed by atoms with E-state index in [0.29, 0.717) is 12.3 Å². The molecule has 1 aliphatic rings. The molecule has 1 aromatic rings. The lowest BCUT2D eigenvalue weighted by Gasteiger charge is -2.28. The van der Waals surface area contributed by atoms with Crippen LogP contribution in [0.15, 0.2) is 35.7 Å². The molecule has 1 amide bonds. The van der Waals surface area contributed by atoms with E-state index in [1.54, 1.807) is 11.0 Å². The van der Waals surface area contributed by atoms with Crippen LogP contribution in [-0.2, 0) is 11.4 Å². The minimum atomic E-state index is -0.00589. The van der Waals surface area contributed by atoms with E-state index in [9.17, 15) is 4.79 Å². The lowest BCUT2D eigenvalue weighted by molar-refractivity contribution is -0.116. The van der Waals surface area contributed by atoms with Gasteiger partial charge >= 0.3 is 0 Å². The average Bonchev–Trinajstić information content (AvgIpc) is 2.32. The fourth-order valence-corrected chi connectivity index (χ4v) is 2.59. The van der Waals surface area contributed by atoms with Gasteiger partial charge in [0.1, 0.15) is 0 Å². The van der Waals surface area contributed by atoms with Crippen LogP contribution >= 0.6 is 11.8 Å². The second-order valence-corrected chi connectivity index (χ2v) is 4.56. The normalized spacial score (nSPS) is 14.8. The molecule has 0 radical (unpaired) electrons. The summed E-state index contributed by atoms with van der Waals surface area (Å²) in [5.74, 6) is 0.562. The van der Waals surface area contributed by atoms with Gasteiger partial charge in [-0.1, -0.05) is 12.1 Å². The van der Waals surface area contributed by atoms with Crippen LogP contribution < -0.4 is 4.90 Å². The Bertz CT molecular complexity index is 431. The minimum absolute atomic E-state index is 0.00589. The van der Waals surface area contributed by atoms with Gasteiger partial charge < -0.3 is 10.0 Å². The Morgan fingerprint density at radius 2 is 2.38 bits per heavy atom. The zero-order valence-corrected chi connectivity index (χ0v) is 9.67.